The van der Waals surface area contributed by atoms with E-state index in [0.29, 0.717) is 22.9 Å². The van der Waals surface area contributed by atoms with E-state index in [-0.39, 0.29) is 5.69 Å². The topological polar surface area (TPSA) is 81.0 Å². The van der Waals surface area contributed by atoms with Gasteiger partial charge in [0.1, 0.15) is 5.69 Å². The Balaban J connectivity index is 2.72. The molecule has 2 aromatic rings. The van der Waals surface area contributed by atoms with Crippen LogP contribution in [0.5, 0.6) is 0 Å². The first kappa shape index (κ1) is 12.9. The average Bonchev–Trinajstić information content (AvgIpc) is 2.37. The molecule has 0 saturated heterocycles. The van der Waals surface area contributed by atoms with Gasteiger partial charge in [0.2, 0.25) is 5.95 Å². The molecule has 0 saturated carbocycles. The quantitative estimate of drug-likeness (QED) is 0.676. The van der Waals surface area contributed by atoms with Gasteiger partial charge in [0, 0.05) is 12.6 Å². The van der Waals surface area contributed by atoms with E-state index in [9.17, 15) is 10.1 Å². The second-order valence-electron chi connectivity index (χ2n) is 4.21. The van der Waals surface area contributed by atoms with Gasteiger partial charge in [-0.2, -0.15) is 0 Å². The van der Waals surface area contributed by atoms with Crippen LogP contribution >= 0.6 is 0 Å². The number of benzene rings is 1. The highest BCUT2D eigenvalue weighted by Gasteiger charge is 2.22. The van der Waals surface area contributed by atoms with Crippen LogP contribution in [0.4, 0.5) is 11.6 Å². The molecule has 0 atom stereocenters. The van der Waals surface area contributed by atoms with Crippen molar-refractivity contribution in [3.8, 4) is 11.3 Å². The number of nitrogens with one attached hydrogen (secondary N) is 1. The molecule has 19 heavy (non-hydrogen) atoms. The van der Waals surface area contributed by atoms with Crippen molar-refractivity contribution in [1.82, 2.24) is 9.97 Å². The van der Waals surface area contributed by atoms with Crippen LogP contribution in [0.3, 0.4) is 0 Å². The number of hydrogen-bond donors (Lipinski definition) is 1. The van der Waals surface area contributed by atoms with Crippen LogP contribution in [0.15, 0.2) is 24.3 Å². The number of rotatable bonds is 3. The Bertz CT molecular complexity index is 641. The highest BCUT2D eigenvalue weighted by molar-refractivity contribution is 5.72. The fourth-order valence-corrected chi connectivity index (χ4v) is 1.89. The molecule has 0 radical (unpaired) electrons. The Morgan fingerprint density at radius 1 is 1.26 bits per heavy atom. The summed E-state index contributed by atoms with van der Waals surface area (Å²) in [5, 5.41) is 14.0. The summed E-state index contributed by atoms with van der Waals surface area (Å²) in [6.07, 6.45) is 0. The molecule has 0 spiro atoms. The first-order valence-corrected chi connectivity index (χ1v) is 5.80. The minimum Gasteiger partial charge on any atom is -0.357 e. The van der Waals surface area contributed by atoms with Crippen molar-refractivity contribution in [2.45, 2.75) is 13.8 Å². The van der Waals surface area contributed by atoms with Gasteiger partial charge in [-0.05, 0) is 19.9 Å². The third-order valence-corrected chi connectivity index (χ3v) is 2.76. The molecular formula is C13H14N4O2. The monoisotopic (exact) mass is 258 g/mol. The molecule has 1 heterocycles. The summed E-state index contributed by atoms with van der Waals surface area (Å²) in [6.45, 7) is 3.54. The number of aromatic nitrogens is 2. The van der Waals surface area contributed by atoms with Crippen LogP contribution in [0.25, 0.3) is 11.3 Å². The predicted molar refractivity (Wildman–Crippen MR) is 73.1 cm³/mol. The molecule has 0 amide bonds. The van der Waals surface area contributed by atoms with Gasteiger partial charge in [0.25, 0.3) is 0 Å². The molecule has 0 bridgehead atoms. The van der Waals surface area contributed by atoms with E-state index < -0.39 is 4.92 Å². The second kappa shape index (κ2) is 5.01. The minimum atomic E-state index is -0.438. The van der Waals surface area contributed by atoms with Crippen LogP contribution in [0.2, 0.25) is 0 Å². The highest BCUT2D eigenvalue weighted by atomic mass is 16.6. The minimum absolute atomic E-state index is 0.0513. The third-order valence-electron chi connectivity index (χ3n) is 2.76. The normalized spacial score (nSPS) is 10.3. The number of aryl methyl sites for hydroxylation is 2. The van der Waals surface area contributed by atoms with E-state index in [1.807, 2.05) is 25.1 Å². The summed E-state index contributed by atoms with van der Waals surface area (Å²) in [5.74, 6) is 0.375. The Morgan fingerprint density at radius 3 is 2.58 bits per heavy atom. The maximum atomic E-state index is 11.2. The van der Waals surface area contributed by atoms with Gasteiger partial charge in [-0.1, -0.05) is 23.8 Å². The van der Waals surface area contributed by atoms with Crippen LogP contribution in [-0.4, -0.2) is 21.9 Å². The molecule has 1 aromatic heterocycles. The van der Waals surface area contributed by atoms with Gasteiger partial charge >= 0.3 is 5.69 Å². The number of nitrogens with zero attached hydrogens (tertiary/aromatic N) is 3. The standard InChI is InChI=1S/C13H14N4O2/c1-8-5-4-6-10(7-8)11-12(17(18)19)9(2)15-13(14-3)16-11/h4-7H,1-3H3,(H,14,15,16). The van der Waals surface area contributed by atoms with Crippen LogP contribution in [0.1, 0.15) is 11.3 Å². The Kier molecular flexibility index (Phi) is 3.41. The number of nitro groups is 1. The van der Waals surface area contributed by atoms with E-state index >= 15 is 0 Å². The van der Waals surface area contributed by atoms with Gasteiger partial charge in [0.15, 0.2) is 5.69 Å². The largest absolute Gasteiger partial charge is 0.357 e. The fraction of sp³-hybridized carbons (Fsp3) is 0.231. The van der Waals surface area contributed by atoms with E-state index in [0.717, 1.165) is 5.56 Å². The Labute approximate surface area is 110 Å². The molecule has 0 aliphatic rings. The van der Waals surface area contributed by atoms with Crippen LogP contribution < -0.4 is 5.32 Å². The zero-order chi connectivity index (χ0) is 14.0. The fourth-order valence-electron chi connectivity index (χ4n) is 1.89. The molecule has 6 heteroatoms. The lowest BCUT2D eigenvalue weighted by atomic mass is 10.1. The smallest absolute Gasteiger partial charge is 0.316 e. The molecule has 0 fully saturated rings. The van der Waals surface area contributed by atoms with Crippen molar-refractivity contribution in [2.24, 2.45) is 0 Å². The lowest BCUT2D eigenvalue weighted by Gasteiger charge is -2.07. The maximum absolute atomic E-state index is 11.2. The SMILES string of the molecule is CNc1nc(C)c([N+](=O)[O-])c(-c2cccc(C)c2)n1. The molecule has 6 nitrogen and oxygen atoms in total. The first-order chi connectivity index (χ1) is 9.02. The zero-order valence-electron chi connectivity index (χ0n) is 11.0. The van der Waals surface area contributed by atoms with Crippen LogP contribution in [0, 0.1) is 24.0 Å². The van der Waals surface area contributed by atoms with Crippen molar-refractivity contribution in [2.75, 3.05) is 12.4 Å². The average molecular weight is 258 g/mol. The summed E-state index contributed by atoms with van der Waals surface area (Å²) in [7, 11) is 1.68. The number of hydrogen-bond acceptors (Lipinski definition) is 5. The molecule has 1 aromatic carbocycles. The molecule has 2 rings (SSSR count). The van der Waals surface area contributed by atoms with Crippen molar-refractivity contribution < 1.29 is 4.92 Å². The van der Waals surface area contributed by atoms with E-state index in [1.165, 1.54) is 0 Å². The van der Waals surface area contributed by atoms with Gasteiger partial charge < -0.3 is 5.32 Å². The molecule has 0 aliphatic carbocycles. The van der Waals surface area contributed by atoms with E-state index in [4.69, 9.17) is 0 Å². The molecule has 98 valence electrons. The summed E-state index contributed by atoms with van der Waals surface area (Å²) >= 11 is 0. The summed E-state index contributed by atoms with van der Waals surface area (Å²) in [6, 6.07) is 7.46. The maximum Gasteiger partial charge on any atom is 0.316 e. The van der Waals surface area contributed by atoms with Gasteiger partial charge in [-0.15, -0.1) is 0 Å². The van der Waals surface area contributed by atoms with E-state index in [1.54, 1.807) is 20.0 Å². The third kappa shape index (κ3) is 2.52. The highest BCUT2D eigenvalue weighted by Crippen LogP contribution is 2.31. The second-order valence-corrected chi connectivity index (χ2v) is 4.21. The summed E-state index contributed by atoms with van der Waals surface area (Å²) < 4.78 is 0. The molecule has 0 unspecified atom stereocenters. The molecule has 1 N–H and O–H groups in total. The molecule has 0 aliphatic heterocycles. The Hall–Kier alpha value is -2.50. The summed E-state index contributed by atoms with van der Waals surface area (Å²) in [4.78, 5) is 19.0. The lowest BCUT2D eigenvalue weighted by molar-refractivity contribution is -0.385. The van der Waals surface area contributed by atoms with Crippen molar-refractivity contribution in [3.05, 3.63) is 45.6 Å². The van der Waals surface area contributed by atoms with Crippen molar-refractivity contribution in [3.63, 3.8) is 0 Å². The predicted octanol–water partition coefficient (Wildman–Crippen LogP) is 2.71. The van der Waals surface area contributed by atoms with E-state index in [2.05, 4.69) is 15.3 Å². The first-order valence-electron chi connectivity index (χ1n) is 5.80. The molecular weight excluding hydrogens is 244 g/mol. The zero-order valence-corrected chi connectivity index (χ0v) is 11.0. The number of anilines is 1. The van der Waals surface area contributed by atoms with Crippen molar-refractivity contribution >= 4 is 11.6 Å². The van der Waals surface area contributed by atoms with Crippen LogP contribution in [-0.2, 0) is 0 Å². The Morgan fingerprint density at radius 2 is 2.00 bits per heavy atom. The van der Waals surface area contributed by atoms with Gasteiger partial charge in [-0.3, -0.25) is 10.1 Å². The van der Waals surface area contributed by atoms with Gasteiger partial charge in [0.05, 0.1) is 4.92 Å². The lowest BCUT2D eigenvalue weighted by Crippen LogP contribution is -2.05. The van der Waals surface area contributed by atoms with Gasteiger partial charge in [-0.25, -0.2) is 9.97 Å². The van der Waals surface area contributed by atoms with Crippen molar-refractivity contribution in [1.29, 1.82) is 0 Å². The summed E-state index contributed by atoms with van der Waals surface area (Å²) in [5.41, 5.74) is 2.37.